The number of fused-ring (bicyclic) bond motifs is 1. The number of nitrogens with one attached hydrogen (secondary N) is 2. The number of carbonyl (C=O) groups excluding carboxylic acids is 1. The van der Waals surface area contributed by atoms with Crippen LogP contribution in [0.3, 0.4) is 0 Å². The molecule has 0 atom stereocenters. The summed E-state index contributed by atoms with van der Waals surface area (Å²) in [5.74, 6) is 2.35. The molecule has 2 aliphatic rings. The molecule has 0 spiro atoms. The van der Waals surface area contributed by atoms with Gasteiger partial charge in [-0.3, -0.25) is 4.79 Å². The number of ether oxygens (including phenoxy) is 2. The van der Waals surface area contributed by atoms with Crippen molar-refractivity contribution in [1.29, 1.82) is 0 Å². The minimum absolute atomic E-state index is 0.186. The summed E-state index contributed by atoms with van der Waals surface area (Å²) in [5.41, 5.74) is 3.71. The van der Waals surface area contributed by atoms with Crippen LogP contribution < -0.4 is 20.3 Å². The summed E-state index contributed by atoms with van der Waals surface area (Å²) in [6.45, 7) is 4.01. The van der Waals surface area contributed by atoms with Crippen molar-refractivity contribution in [2.24, 2.45) is 0 Å². The Kier molecular flexibility index (Phi) is 8.42. The molecule has 2 aromatic carbocycles. The molecule has 0 saturated carbocycles. The van der Waals surface area contributed by atoms with Crippen molar-refractivity contribution in [3.05, 3.63) is 66.4 Å². The first-order valence-electron chi connectivity index (χ1n) is 12.7. The van der Waals surface area contributed by atoms with Crippen molar-refractivity contribution < 1.29 is 14.3 Å². The number of aryl methyl sites for hydroxylation is 1. The van der Waals surface area contributed by atoms with Crippen LogP contribution in [0, 0.1) is 0 Å². The molecular formula is C28H32N6O3S. The Labute approximate surface area is 227 Å². The van der Waals surface area contributed by atoms with Gasteiger partial charge in [0.25, 0.3) is 0 Å². The molecule has 2 N–H and O–H groups in total. The quantitative estimate of drug-likeness (QED) is 0.385. The average Bonchev–Trinajstić information content (AvgIpc) is 3.39. The molecule has 3 heterocycles. The van der Waals surface area contributed by atoms with E-state index in [9.17, 15) is 4.79 Å². The number of hydrogen-bond donors (Lipinski definition) is 2. The fourth-order valence-corrected chi connectivity index (χ4v) is 5.20. The van der Waals surface area contributed by atoms with Crippen LogP contribution in [-0.4, -0.2) is 73.5 Å². The van der Waals surface area contributed by atoms with Crippen LogP contribution >= 0.6 is 11.8 Å². The van der Waals surface area contributed by atoms with Crippen LogP contribution in [0.5, 0.6) is 11.6 Å². The van der Waals surface area contributed by atoms with E-state index in [0.717, 1.165) is 54.8 Å². The molecule has 1 amide bonds. The van der Waals surface area contributed by atoms with Gasteiger partial charge in [-0.2, -0.15) is 4.98 Å². The van der Waals surface area contributed by atoms with Gasteiger partial charge in [0.05, 0.1) is 23.8 Å². The normalized spacial score (nSPS) is 15.1. The molecule has 0 radical (unpaired) electrons. The molecule has 1 saturated heterocycles. The maximum absolute atomic E-state index is 12.2. The van der Waals surface area contributed by atoms with Crippen LogP contribution in [0.15, 0.2) is 65.6 Å². The summed E-state index contributed by atoms with van der Waals surface area (Å²) in [6, 6.07) is 15.6. The molecule has 38 heavy (non-hydrogen) atoms. The monoisotopic (exact) mass is 532 g/mol. The third-order valence-electron chi connectivity index (χ3n) is 6.05. The van der Waals surface area contributed by atoms with Crippen LogP contribution in [0.25, 0.3) is 0 Å². The fraction of sp³-hybridized carbons (Fsp3) is 0.321. The van der Waals surface area contributed by atoms with Crippen molar-refractivity contribution in [3.63, 3.8) is 0 Å². The number of benzene rings is 2. The lowest BCUT2D eigenvalue weighted by atomic mass is 10.2. The van der Waals surface area contributed by atoms with Crippen molar-refractivity contribution in [3.8, 4) is 11.6 Å². The minimum atomic E-state index is -0.186. The van der Waals surface area contributed by atoms with Gasteiger partial charge in [-0.25, -0.2) is 4.98 Å². The number of aromatic nitrogens is 2. The number of hydrogen-bond acceptors (Lipinski definition) is 9. The van der Waals surface area contributed by atoms with Crippen molar-refractivity contribution in [1.82, 2.24) is 14.9 Å². The number of nitrogens with zero attached hydrogens (tertiary/aromatic N) is 4. The SMILES string of the molecule is CN(C)C/C=C/C(=O)Nc1cccc(Oc2nc(Nc3ccc(N4CCOCC4)cc3)nc3c2SCC3)c1. The zero-order valence-corrected chi connectivity index (χ0v) is 22.5. The number of anilines is 4. The Morgan fingerprint density at radius 2 is 1.95 bits per heavy atom. The van der Waals surface area contributed by atoms with Crippen molar-refractivity contribution >= 4 is 40.7 Å². The van der Waals surface area contributed by atoms with E-state index in [0.29, 0.717) is 29.8 Å². The third kappa shape index (κ3) is 6.83. The summed E-state index contributed by atoms with van der Waals surface area (Å²) in [6.07, 6.45) is 4.22. The predicted molar refractivity (Wildman–Crippen MR) is 152 cm³/mol. The van der Waals surface area contributed by atoms with Crippen LogP contribution in [0.4, 0.5) is 23.0 Å². The molecule has 198 valence electrons. The Morgan fingerprint density at radius 3 is 2.74 bits per heavy atom. The van der Waals surface area contributed by atoms with Crippen LogP contribution in [0.1, 0.15) is 5.69 Å². The van der Waals surface area contributed by atoms with Crippen LogP contribution in [-0.2, 0) is 16.0 Å². The molecule has 0 unspecified atom stereocenters. The molecule has 0 bridgehead atoms. The van der Waals surface area contributed by atoms with Crippen LogP contribution in [0.2, 0.25) is 0 Å². The van der Waals surface area contributed by atoms with E-state index in [1.54, 1.807) is 17.8 Å². The third-order valence-corrected chi connectivity index (χ3v) is 7.15. The van der Waals surface area contributed by atoms with Gasteiger partial charge < -0.3 is 29.9 Å². The maximum Gasteiger partial charge on any atom is 0.248 e. The van der Waals surface area contributed by atoms with E-state index in [-0.39, 0.29) is 5.91 Å². The van der Waals surface area contributed by atoms with Crippen molar-refractivity contribution in [2.45, 2.75) is 11.3 Å². The first-order valence-corrected chi connectivity index (χ1v) is 13.7. The summed E-state index contributed by atoms with van der Waals surface area (Å²) < 4.78 is 11.7. The number of carbonyl (C=O) groups is 1. The number of likely N-dealkylation sites (N-methyl/N-ethyl adjacent to an activating group) is 1. The zero-order chi connectivity index (χ0) is 26.3. The summed E-state index contributed by atoms with van der Waals surface area (Å²) in [5, 5.41) is 6.21. The number of morpholine rings is 1. The summed E-state index contributed by atoms with van der Waals surface area (Å²) >= 11 is 1.70. The number of thioether (sulfide) groups is 1. The van der Waals surface area contributed by atoms with E-state index in [1.165, 1.54) is 11.8 Å². The van der Waals surface area contributed by atoms with Gasteiger partial charge in [-0.1, -0.05) is 12.1 Å². The highest BCUT2D eigenvalue weighted by atomic mass is 32.2. The molecule has 1 fully saturated rings. The Balaban J connectivity index is 1.29. The van der Waals surface area contributed by atoms with E-state index in [1.807, 2.05) is 55.4 Å². The van der Waals surface area contributed by atoms with Gasteiger partial charge in [0.1, 0.15) is 5.75 Å². The van der Waals surface area contributed by atoms with Gasteiger partial charge in [0, 0.05) is 61.0 Å². The second-order valence-electron chi connectivity index (χ2n) is 9.28. The number of amides is 1. The summed E-state index contributed by atoms with van der Waals surface area (Å²) in [4.78, 5) is 27.0. The molecule has 9 nitrogen and oxygen atoms in total. The molecule has 2 aliphatic heterocycles. The second-order valence-corrected chi connectivity index (χ2v) is 10.4. The topological polar surface area (TPSA) is 91.9 Å². The highest BCUT2D eigenvalue weighted by Gasteiger charge is 2.22. The Hall–Kier alpha value is -3.60. The van der Waals surface area contributed by atoms with Gasteiger partial charge >= 0.3 is 0 Å². The zero-order valence-electron chi connectivity index (χ0n) is 21.6. The molecular weight excluding hydrogens is 500 g/mol. The van der Waals surface area contributed by atoms with E-state index >= 15 is 0 Å². The maximum atomic E-state index is 12.2. The highest BCUT2D eigenvalue weighted by molar-refractivity contribution is 7.99. The number of rotatable bonds is 9. The molecule has 1 aromatic heterocycles. The summed E-state index contributed by atoms with van der Waals surface area (Å²) in [7, 11) is 3.91. The Morgan fingerprint density at radius 1 is 1.13 bits per heavy atom. The fourth-order valence-electron chi connectivity index (χ4n) is 4.17. The first kappa shape index (κ1) is 26.0. The molecule has 0 aliphatic carbocycles. The molecule has 3 aromatic rings. The first-order chi connectivity index (χ1) is 18.5. The lowest BCUT2D eigenvalue weighted by Crippen LogP contribution is -2.36. The minimum Gasteiger partial charge on any atom is -0.438 e. The Bertz CT molecular complexity index is 1290. The molecule has 10 heteroatoms. The predicted octanol–water partition coefficient (Wildman–Crippen LogP) is 4.55. The van der Waals surface area contributed by atoms with Gasteiger partial charge in [-0.05, 0) is 50.5 Å². The highest BCUT2D eigenvalue weighted by Crippen LogP contribution is 2.40. The second kappa shape index (κ2) is 12.3. The van der Waals surface area contributed by atoms with E-state index in [4.69, 9.17) is 19.4 Å². The van der Waals surface area contributed by atoms with Gasteiger partial charge in [0.2, 0.25) is 17.7 Å². The van der Waals surface area contributed by atoms with Gasteiger partial charge in [-0.15, -0.1) is 11.8 Å². The lowest BCUT2D eigenvalue weighted by molar-refractivity contribution is -0.111. The standard InChI is InChI=1S/C28H32N6O3S/c1-33(2)13-4-7-25(35)29-21-5-3-6-23(19-21)37-27-26-24(12-18-38-26)31-28(32-27)30-20-8-10-22(11-9-20)34-14-16-36-17-15-34/h3-11,19H,12-18H2,1-2H3,(H,29,35)(H,30,31,32)/b7-4+. The smallest absolute Gasteiger partial charge is 0.248 e. The lowest BCUT2D eigenvalue weighted by Gasteiger charge is -2.28. The molecule has 5 rings (SSSR count). The van der Waals surface area contributed by atoms with Crippen molar-refractivity contribution in [2.75, 3.05) is 68.2 Å². The van der Waals surface area contributed by atoms with E-state index in [2.05, 4.69) is 27.7 Å². The largest absolute Gasteiger partial charge is 0.438 e. The van der Waals surface area contributed by atoms with E-state index < -0.39 is 0 Å². The van der Waals surface area contributed by atoms with Gasteiger partial charge in [0.15, 0.2) is 0 Å². The average molecular weight is 533 g/mol.